The number of hydrogen-bond donors (Lipinski definition) is 1. The summed E-state index contributed by atoms with van der Waals surface area (Å²) in [6.45, 7) is 2.92. The first-order valence-electron chi connectivity index (χ1n) is 10.1. The summed E-state index contributed by atoms with van der Waals surface area (Å²) in [6.07, 6.45) is 6.43. The standard InChI is InChI=1S/C22H28N6/c1-23-22(24-13-10-21-26-25-20-9-5-6-14-28(20)21)27-15-11-19(12-16-27)17-18-7-3-2-4-8-18/h2-9,14,19H,10-13,15-17H2,1H3,(H,23,24). The summed E-state index contributed by atoms with van der Waals surface area (Å²) in [4.78, 5) is 6.87. The van der Waals surface area contributed by atoms with Crippen LogP contribution in [0.5, 0.6) is 0 Å². The lowest BCUT2D eigenvalue weighted by Gasteiger charge is -2.34. The molecule has 0 amide bonds. The molecule has 1 aliphatic heterocycles. The third-order valence-corrected chi connectivity index (χ3v) is 5.51. The molecule has 28 heavy (non-hydrogen) atoms. The first kappa shape index (κ1) is 18.5. The Balaban J connectivity index is 1.26. The molecule has 3 aromatic rings. The molecule has 1 aliphatic rings. The maximum Gasteiger partial charge on any atom is 0.193 e. The van der Waals surface area contributed by atoms with Crippen molar-refractivity contribution in [2.24, 2.45) is 10.9 Å². The van der Waals surface area contributed by atoms with E-state index in [1.807, 2.05) is 35.8 Å². The first-order valence-corrected chi connectivity index (χ1v) is 10.1. The van der Waals surface area contributed by atoms with Crippen molar-refractivity contribution in [2.45, 2.75) is 25.7 Å². The number of piperidine rings is 1. The highest BCUT2D eigenvalue weighted by Crippen LogP contribution is 2.21. The van der Waals surface area contributed by atoms with Gasteiger partial charge >= 0.3 is 0 Å². The van der Waals surface area contributed by atoms with Gasteiger partial charge in [0.25, 0.3) is 0 Å². The number of hydrogen-bond acceptors (Lipinski definition) is 3. The number of fused-ring (bicyclic) bond motifs is 1. The van der Waals surface area contributed by atoms with E-state index in [1.165, 1.54) is 24.8 Å². The van der Waals surface area contributed by atoms with E-state index in [2.05, 4.69) is 55.7 Å². The predicted octanol–water partition coefficient (Wildman–Crippen LogP) is 2.80. The normalized spacial score (nSPS) is 15.9. The van der Waals surface area contributed by atoms with Crippen molar-refractivity contribution in [3.8, 4) is 0 Å². The van der Waals surface area contributed by atoms with E-state index in [0.717, 1.165) is 49.4 Å². The van der Waals surface area contributed by atoms with E-state index in [0.29, 0.717) is 0 Å². The molecule has 2 aromatic heterocycles. The Bertz CT molecular complexity index is 909. The van der Waals surface area contributed by atoms with Crippen LogP contribution in [0.2, 0.25) is 0 Å². The lowest BCUT2D eigenvalue weighted by Crippen LogP contribution is -2.46. The minimum atomic E-state index is 0.763. The van der Waals surface area contributed by atoms with Gasteiger partial charge < -0.3 is 10.2 Å². The van der Waals surface area contributed by atoms with E-state index in [9.17, 15) is 0 Å². The van der Waals surface area contributed by atoms with Crippen molar-refractivity contribution >= 4 is 11.6 Å². The zero-order chi connectivity index (χ0) is 19.2. The van der Waals surface area contributed by atoms with Crippen LogP contribution >= 0.6 is 0 Å². The lowest BCUT2D eigenvalue weighted by atomic mass is 9.90. The van der Waals surface area contributed by atoms with Gasteiger partial charge in [-0.05, 0) is 42.9 Å². The van der Waals surface area contributed by atoms with Crippen LogP contribution in [0.3, 0.4) is 0 Å². The molecule has 1 saturated heterocycles. The van der Waals surface area contributed by atoms with Crippen molar-refractivity contribution < 1.29 is 0 Å². The maximum absolute atomic E-state index is 4.49. The fourth-order valence-corrected chi connectivity index (χ4v) is 3.98. The number of rotatable bonds is 5. The van der Waals surface area contributed by atoms with Crippen molar-refractivity contribution in [3.63, 3.8) is 0 Å². The zero-order valence-corrected chi connectivity index (χ0v) is 16.5. The quantitative estimate of drug-likeness (QED) is 0.550. The van der Waals surface area contributed by atoms with Crippen molar-refractivity contribution in [1.82, 2.24) is 24.8 Å². The highest BCUT2D eigenvalue weighted by Gasteiger charge is 2.21. The van der Waals surface area contributed by atoms with Gasteiger partial charge in [0.2, 0.25) is 0 Å². The number of benzene rings is 1. The van der Waals surface area contributed by atoms with E-state index < -0.39 is 0 Å². The zero-order valence-electron chi connectivity index (χ0n) is 16.5. The monoisotopic (exact) mass is 376 g/mol. The van der Waals surface area contributed by atoms with Crippen LogP contribution < -0.4 is 5.32 Å². The van der Waals surface area contributed by atoms with Gasteiger partial charge in [-0.1, -0.05) is 36.4 Å². The summed E-state index contributed by atoms with van der Waals surface area (Å²) in [5, 5.41) is 12.0. The second-order valence-corrected chi connectivity index (χ2v) is 7.39. The molecule has 0 aliphatic carbocycles. The van der Waals surface area contributed by atoms with Crippen molar-refractivity contribution in [3.05, 3.63) is 66.1 Å². The van der Waals surface area contributed by atoms with E-state index in [1.54, 1.807) is 0 Å². The van der Waals surface area contributed by atoms with Gasteiger partial charge in [-0.3, -0.25) is 9.39 Å². The van der Waals surface area contributed by atoms with E-state index in [4.69, 9.17) is 0 Å². The number of aliphatic imine (C=N–C) groups is 1. The molecular weight excluding hydrogens is 348 g/mol. The van der Waals surface area contributed by atoms with Crippen LogP contribution in [0.15, 0.2) is 59.7 Å². The SMILES string of the molecule is CN=C(NCCc1nnc2ccccn12)N1CCC(Cc2ccccc2)CC1. The van der Waals surface area contributed by atoms with E-state index in [-0.39, 0.29) is 0 Å². The summed E-state index contributed by atoms with van der Waals surface area (Å²) in [5.74, 6) is 2.73. The van der Waals surface area contributed by atoms with Gasteiger partial charge in [-0.15, -0.1) is 10.2 Å². The summed E-state index contributed by atoms with van der Waals surface area (Å²) in [7, 11) is 1.87. The molecule has 3 heterocycles. The van der Waals surface area contributed by atoms with E-state index >= 15 is 0 Å². The molecule has 1 aromatic carbocycles. The fraction of sp³-hybridized carbons (Fsp3) is 0.409. The molecule has 0 spiro atoms. The average molecular weight is 377 g/mol. The lowest BCUT2D eigenvalue weighted by molar-refractivity contribution is 0.259. The predicted molar refractivity (Wildman–Crippen MR) is 112 cm³/mol. The second kappa shape index (κ2) is 8.87. The van der Waals surface area contributed by atoms with Crippen LogP contribution in [-0.2, 0) is 12.8 Å². The highest BCUT2D eigenvalue weighted by molar-refractivity contribution is 5.79. The highest BCUT2D eigenvalue weighted by atomic mass is 15.3. The molecule has 146 valence electrons. The second-order valence-electron chi connectivity index (χ2n) is 7.39. The molecule has 6 heteroatoms. The van der Waals surface area contributed by atoms with Gasteiger partial charge in [-0.25, -0.2) is 0 Å². The summed E-state index contributed by atoms with van der Waals surface area (Å²) >= 11 is 0. The largest absolute Gasteiger partial charge is 0.356 e. The number of pyridine rings is 1. The molecular formula is C22H28N6. The van der Waals surface area contributed by atoms with Gasteiger partial charge in [0.05, 0.1) is 0 Å². The smallest absolute Gasteiger partial charge is 0.193 e. The Morgan fingerprint density at radius 2 is 1.86 bits per heavy atom. The third kappa shape index (κ3) is 4.32. The van der Waals surface area contributed by atoms with Gasteiger partial charge in [0.15, 0.2) is 11.6 Å². The van der Waals surface area contributed by atoms with Gasteiger partial charge in [0, 0.05) is 39.3 Å². The number of likely N-dealkylation sites (tertiary alicyclic amines) is 1. The topological polar surface area (TPSA) is 57.8 Å². The summed E-state index contributed by atoms with van der Waals surface area (Å²) in [6, 6.07) is 16.8. The molecule has 0 atom stereocenters. The number of nitrogens with zero attached hydrogens (tertiary/aromatic N) is 5. The van der Waals surface area contributed by atoms with Crippen molar-refractivity contribution in [2.75, 3.05) is 26.7 Å². The molecule has 6 nitrogen and oxygen atoms in total. The first-order chi connectivity index (χ1) is 13.8. The molecule has 0 saturated carbocycles. The third-order valence-electron chi connectivity index (χ3n) is 5.51. The molecule has 0 bridgehead atoms. The van der Waals surface area contributed by atoms with Gasteiger partial charge in [-0.2, -0.15) is 0 Å². The molecule has 1 N–H and O–H groups in total. The summed E-state index contributed by atoms with van der Waals surface area (Å²) in [5.41, 5.74) is 2.34. The fourth-order valence-electron chi connectivity index (χ4n) is 3.98. The minimum Gasteiger partial charge on any atom is -0.356 e. The average Bonchev–Trinajstić information content (AvgIpc) is 3.16. The molecule has 1 fully saturated rings. The maximum atomic E-state index is 4.49. The van der Waals surface area contributed by atoms with Crippen LogP contribution in [0, 0.1) is 5.92 Å². The number of nitrogens with one attached hydrogen (secondary N) is 1. The van der Waals surface area contributed by atoms with Crippen LogP contribution in [0.4, 0.5) is 0 Å². The Kier molecular flexibility index (Phi) is 5.85. The molecule has 0 radical (unpaired) electrons. The number of guanidine groups is 1. The van der Waals surface area contributed by atoms with Crippen LogP contribution in [0.25, 0.3) is 5.65 Å². The van der Waals surface area contributed by atoms with Gasteiger partial charge in [0.1, 0.15) is 5.82 Å². The van der Waals surface area contributed by atoms with Crippen molar-refractivity contribution in [1.29, 1.82) is 0 Å². The molecule has 4 rings (SSSR count). The minimum absolute atomic E-state index is 0.763. The molecule has 0 unspecified atom stereocenters. The van der Waals surface area contributed by atoms with Crippen LogP contribution in [0.1, 0.15) is 24.2 Å². The Labute approximate surface area is 166 Å². The van der Waals surface area contributed by atoms with Crippen LogP contribution in [-0.4, -0.2) is 52.1 Å². The Morgan fingerprint density at radius 3 is 2.64 bits per heavy atom. The Hall–Kier alpha value is -2.89. The Morgan fingerprint density at radius 1 is 1.07 bits per heavy atom. The number of aromatic nitrogens is 3. The summed E-state index contributed by atoms with van der Waals surface area (Å²) < 4.78 is 2.04.